The Morgan fingerprint density at radius 3 is 2.14 bits per heavy atom. The fraction of sp³-hybridized carbons (Fsp3) is 0.281. The molecule has 2 aromatic carbocycles. The molecule has 4 aromatic rings. The second-order valence-electron chi connectivity index (χ2n) is 11.7. The number of amides is 2. The fourth-order valence-corrected chi connectivity index (χ4v) is 7.32. The highest BCUT2D eigenvalue weighted by atomic mass is 32.1. The number of thiazole rings is 1. The summed E-state index contributed by atoms with van der Waals surface area (Å²) in [6, 6.07) is 10.4. The Bertz CT molecular complexity index is 2070. The number of β-lactam (4-membered cyclic amide) rings is 1. The van der Waals surface area contributed by atoms with Crippen molar-refractivity contribution < 1.29 is 43.6 Å². The molecule has 2 amide bonds. The molecule has 0 aliphatic carbocycles. The second kappa shape index (κ2) is 13.5. The molecule has 0 bridgehead atoms. The van der Waals surface area contributed by atoms with Crippen molar-refractivity contribution in [3.05, 3.63) is 109 Å². The number of hydrogen-bond acceptors (Lipinski definition) is 13. The number of imidazole rings is 1. The SMILES string of the molecule is C[C@@H](O)[C@H]1C(=O)N2C(C(=O)OCc3ccc([N+](=O)[O-])cc3)=C(c3cn4cnc(C(=O)CNC(=O)OCc5ccc([N+](=O)[O-])cc5)c4s3)[C@H](C)[C@H]12. The summed E-state index contributed by atoms with van der Waals surface area (Å²) in [5.74, 6) is -2.90. The van der Waals surface area contributed by atoms with Crippen molar-refractivity contribution in [2.24, 2.45) is 11.8 Å². The molecule has 0 unspecified atom stereocenters. The van der Waals surface area contributed by atoms with Gasteiger partial charge < -0.3 is 24.8 Å². The van der Waals surface area contributed by atoms with E-state index in [2.05, 4.69) is 10.3 Å². The molecule has 2 aliphatic rings. The maximum atomic E-state index is 13.6. The average Bonchev–Trinajstić information content (AvgIpc) is 3.75. The molecule has 258 valence electrons. The normalized spacial score (nSPS) is 18.7. The van der Waals surface area contributed by atoms with Gasteiger partial charge in [0.2, 0.25) is 11.7 Å². The third-order valence-electron chi connectivity index (χ3n) is 8.53. The predicted molar refractivity (Wildman–Crippen MR) is 173 cm³/mol. The summed E-state index contributed by atoms with van der Waals surface area (Å²) >= 11 is 1.15. The van der Waals surface area contributed by atoms with Gasteiger partial charge in [0, 0.05) is 42.0 Å². The highest BCUT2D eigenvalue weighted by molar-refractivity contribution is 7.18. The molecule has 2 aliphatic heterocycles. The first kappa shape index (κ1) is 33.9. The molecule has 0 radical (unpaired) electrons. The number of rotatable bonds is 12. The second-order valence-corrected chi connectivity index (χ2v) is 12.7. The number of aliphatic hydroxyl groups is 1. The summed E-state index contributed by atoms with van der Waals surface area (Å²) in [5.41, 5.74) is 1.32. The number of non-ortho nitro benzene ring substituents is 2. The topological polar surface area (TPSA) is 226 Å². The zero-order valence-corrected chi connectivity index (χ0v) is 27.2. The van der Waals surface area contributed by atoms with E-state index in [0.29, 0.717) is 26.4 Å². The first-order valence-corrected chi connectivity index (χ1v) is 16.0. The molecule has 0 spiro atoms. The lowest BCUT2D eigenvalue weighted by molar-refractivity contribution is -0.385. The van der Waals surface area contributed by atoms with E-state index < -0.39 is 64.1 Å². The monoisotopic (exact) mass is 704 g/mol. The number of ketones is 1. The molecule has 1 saturated heterocycles. The Balaban J connectivity index is 1.19. The maximum absolute atomic E-state index is 13.6. The van der Waals surface area contributed by atoms with Crippen molar-refractivity contribution in [3.8, 4) is 0 Å². The Morgan fingerprint density at radius 2 is 1.58 bits per heavy atom. The van der Waals surface area contributed by atoms with E-state index >= 15 is 0 Å². The molecular weight excluding hydrogens is 676 g/mol. The van der Waals surface area contributed by atoms with Crippen molar-refractivity contribution in [1.29, 1.82) is 0 Å². The van der Waals surface area contributed by atoms with Crippen LogP contribution in [0, 0.1) is 32.1 Å². The van der Waals surface area contributed by atoms with Crippen LogP contribution < -0.4 is 5.32 Å². The number of nitrogens with one attached hydrogen (secondary N) is 1. The van der Waals surface area contributed by atoms with Gasteiger partial charge >= 0.3 is 12.1 Å². The third-order valence-corrected chi connectivity index (χ3v) is 9.68. The summed E-state index contributed by atoms with van der Waals surface area (Å²) in [4.78, 5) is 79.4. The number of benzene rings is 2. The number of nitro groups is 2. The molecule has 17 nitrogen and oxygen atoms in total. The van der Waals surface area contributed by atoms with Gasteiger partial charge in [0.1, 0.15) is 35.8 Å². The van der Waals surface area contributed by atoms with Crippen LogP contribution in [0.4, 0.5) is 16.2 Å². The number of ether oxygens (including phenoxy) is 2. The van der Waals surface area contributed by atoms with Gasteiger partial charge in [-0.3, -0.25) is 34.2 Å². The van der Waals surface area contributed by atoms with E-state index in [1.54, 1.807) is 10.6 Å². The van der Waals surface area contributed by atoms with Crippen molar-refractivity contribution in [3.63, 3.8) is 0 Å². The van der Waals surface area contributed by atoms with E-state index in [1.807, 2.05) is 6.92 Å². The van der Waals surface area contributed by atoms with E-state index in [4.69, 9.17) is 9.47 Å². The lowest BCUT2D eigenvalue weighted by atomic mass is 9.77. The van der Waals surface area contributed by atoms with Gasteiger partial charge in [-0.05, 0) is 42.3 Å². The van der Waals surface area contributed by atoms with Crippen LogP contribution in [0.2, 0.25) is 0 Å². The van der Waals surface area contributed by atoms with Crippen LogP contribution in [-0.4, -0.2) is 71.7 Å². The van der Waals surface area contributed by atoms with Crippen LogP contribution in [0.25, 0.3) is 10.4 Å². The molecule has 2 aromatic heterocycles. The van der Waals surface area contributed by atoms with Crippen molar-refractivity contribution in [2.45, 2.75) is 39.2 Å². The molecule has 4 heterocycles. The van der Waals surface area contributed by atoms with Gasteiger partial charge in [-0.15, -0.1) is 11.3 Å². The van der Waals surface area contributed by atoms with Gasteiger partial charge in [-0.25, -0.2) is 14.6 Å². The first-order valence-electron chi connectivity index (χ1n) is 15.2. The number of fused-ring (bicyclic) bond motifs is 2. The number of esters is 1. The van der Waals surface area contributed by atoms with Crippen molar-refractivity contribution >= 4 is 56.9 Å². The van der Waals surface area contributed by atoms with Crippen LogP contribution in [-0.2, 0) is 32.3 Å². The molecule has 1 fully saturated rings. The molecular formula is C32H28N6O11S. The van der Waals surface area contributed by atoms with Crippen LogP contribution in [0.3, 0.4) is 0 Å². The van der Waals surface area contributed by atoms with E-state index in [0.717, 1.165) is 11.3 Å². The number of aliphatic hydroxyl groups excluding tert-OH is 1. The summed E-state index contributed by atoms with van der Waals surface area (Å²) in [7, 11) is 0. The van der Waals surface area contributed by atoms with Crippen LogP contribution in [0.1, 0.15) is 40.3 Å². The summed E-state index contributed by atoms with van der Waals surface area (Å²) in [5, 5.41) is 34.5. The van der Waals surface area contributed by atoms with Crippen LogP contribution in [0.5, 0.6) is 0 Å². The standard InChI is InChI=1S/C32H28N6O11S/c1-16-24(28(36-27(16)25(17(2)39)29(36)41)31(42)48-13-18-3-7-20(8-4-18)37(44)45)23-12-35-15-34-26(30(35)50-23)22(40)11-33-32(43)49-14-19-5-9-21(10-6-19)38(46)47/h3-10,12,15-17,25,27,39H,11,13-14H2,1-2H3,(H,33,43)/t16-,17+,25+,27+/m0/s1. The quantitative estimate of drug-likeness (QED) is 0.0709. The first-order chi connectivity index (χ1) is 23.8. The van der Waals surface area contributed by atoms with Gasteiger partial charge in [0.05, 0.1) is 39.3 Å². The van der Waals surface area contributed by atoms with Crippen molar-refractivity contribution in [1.82, 2.24) is 19.6 Å². The maximum Gasteiger partial charge on any atom is 0.407 e. The number of carbonyl (C=O) groups is 4. The van der Waals surface area contributed by atoms with Crippen LogP contribution >= 0.6 is 11.3 Å². The van der Waals surface area contributed by atoms with Gasteiger partial charge in [-0.1, -0.05) is 6.92 Å². The number of Topliss-reactive ketones (excluding diaryl/α,β-unsaturated/α-hetero) is 1. The zero-order chi connectivity index (χ0) is 35.9. The van der Waals surface area contributed by atoms with E-state index in [1.165, 1.54) is 66.7 Å². The Kier molecular flexibility index (Phi) is 9.13. The van der Waals surface area contributed by atoms with E-state index in [-0.39, 0.29) is 36.0 Å². The fourth-order valence-electron chi connectivity index (χ4n) is 6.08. The third kappa shape index (κ3) is 6.28. The van der Waals surface area contributed by atoms with Crippen molar-refractivity contribution in [2.75, 3.05) is 6.54 Å². The molecule has 50 heavy (non-hydrogen) atoms. The molecule has 0 saturated carbocycles. The minimum Gasteiger partial charge on any atom is -0.456 e. The number of alkyl carbamates (subject to hydrolysis) is 1. The van der Waals surface area contributed by atoms with Gasteiger partial charge in [0.25, 0.3) is 11.4 Å². The molecule has 6 rings (SSSR count). The molecule has 18 heteroatoms. The lowest BCUT2D eigenvalue weighted by Crippen LogP contribution is -2.63. The van der Waals surface area contributed by atoms with Gasteiger partial charge in [0.15, 0.2) is 0 Å². The highest BCUT2D eigenvalue weighted by Crippen LogP contribution is 2.52. The van der Waals surface area contributed by atoms with Gasteiger partial charge in [-0.2, -0.15) is 0 Å². The predicted octanol–water partition coefficient (Wildman–Crippen LogP) is 3.63. The summed E-state index contributed by atoms with van der Waals surface area (Å²) in [6.45, 7) is 2.50. The Labute approximate surface area is 286 Å². The molecule has 4 atom stereocenters. The number of aromatic nitrogens is 2. The van der Waals surface area contributed by atoms with E-state index in [9.17, 15) is 44.5 Å². The zero-order valence-electron chi connectivity index (χ0n) is 26.4. The minimum absolute atomic E-state index is 0.00841. The number of carbonyl (C=O) groups excluding carboxylic acids is 4. The average molecular weight is 705 g/mol. The molecule has 2 N–H and O–H groups in total. The number of nitro benzene ring substituents is 2. The largest absolute Gasteiger partial charge is 0.456 e. The Hall–Kier alpha value is -6.01. The number of nitrogens with zero attached hydrogens (tertiary/aromatic N) is 5. The number of hydrogen-bond donors (Lipinski definition) is 2. The summed E-state index contributed by atoms with van der Waals surface area (Å²) in [6.07, 6.45) is 1.21. The summed E-state index contributed by atoms with van der Waals surface area (Å²) < 4.78 is 12.3. The Morgan fingerprint density at radius 1 is 1.00 bits per heavy atom. The highest BCUT2D eigenvalue weighted by Gasteiger charge is 2.60. The minimum atomic E-state index is -0.969. The lowest BCUT2D eigenvalue weighted by Gasteiger charge is -2.46. The van der Waals surface area contributed by atoms with Crippen LogP contribution in [0.15, 0.2) is 66.8 Å². The smallest absolute Gasteiger partial charge is 0.407 e.